The highest BCUT2D eigenvalue weighted by atomic mass is 32.3. The Balaban J connectivity index is 2.34. The predicted molar refractivity (Wildman–Crippen MR) is 65.9 cm³/mol. The highest BCUT2D eigenvalue weighted by molar-refractivity contribution is 8.32. The van der Waals surface area contributed by atoms with Crippen LogP contribution in [0.4, 0.5) is 0 Å². The second kappa shape index (κ2) is 4.54. The van der Waals surface area contributed by atoms with E-state index in [0.717, 1.165) is 11.2 Å². The number of hydrogen-bond donors (Lipinski definition) is 0. The quantitative estimate of drug-likeness (QED) is 0.608. The minimum Gasteiger partial charge on any atom is -0.247 e. The van der Waals surface area contributed by atoms with E-state index in [9.17, 15) is 0 Å². The fourth-order valence-corrected chi connectivity index (χ4v) is 4.00. The Morgan fingerprint density at radius 1 is 1.15 bits per heavy atom. The standard InChI is InChI=1S/C12H24S/c1-5-6-11-7-9-12(10-8-11)13(2,3)4/h5,11-12H,1,6-10H2,2-4H3. The normalized spacial score (nSPS) is 31.3. The lowest BCUT2D eigenvalue weighted by Gasteiger charge is -2.40. The van der Waals surface area contributed by atoms with Gasteiger partial charge in [0.25, 0.3) is 0 Å². The topological polar surface area (TPSA) is 0 Å². The molecule has 0 radical (unpaired) electrons. The summed E-state index contributed by atoms with van der Waals surface area (Å²) in [4.78, 5) is 0. The van der Waals surface area contributed by atoms with Gasteiger partial charge in [-0.2, -0.15) is 0 Å². The van der Waals surface area contributed by atoms with Crippen molar-refractivity contribution in [3.05, 3.63) is 12.7 Å². The van der Waals surface area contributed by atoms with Crippen LogP contribution in [-0.4, -0.2) is 24.0 Å². The van der Waals surface area contributed by atoms with Crippen LogP contribution in [0.2, 0.25) is 0 Å². The molecule has 0 nitrogen and oxygen atoms in total. The van der Waals surface area contributed by atoms with E-state index in [1.807, 2.05) is 0 Å². The zero-order valence-electron chi connectivity index (χ0n) is 9.38. The molecule has 0 aromatic heterocycles. The van der Waals surface area contributed by atoms with E-state index in [2.05, 4.69) is 31.4 Å². The summed E-state index contributed by atoms with van der Waals surface area (Å²) in [5, 5.41) is 1.04. The number of hydrogen-bond acceptors (Lipinski definition) is 0. The Labute approximate surface area is 85.1 Å². The molecule has 0 saturated heterocycles. The molecule has 1 rings (SSSR count). The first-order valence-corrected chi connectivity index (χ1v) is 8.24. The summed E-state index contributed by atoms with van der Waals surface area (Å²) in [6.07, 6.45) is 16.6. The van der Waals surface area contributed by atoms with Crippen LogP contribution in [0.3, 0.4) is 0 Å². The SMILES string of the molecule is C=CCC1CCC(S(C)(C)C)CC1. The lowest BCUT2D eigenvalue weighted by Crippen LogP contribution is -2.23. The summed E-state index contributed by atoms with van der Waals surface area (Å²) in [5.41, 5.74) is 0. The summed E-state index contributed by atoms with van der Waals surface area (Å²) in [7, 11) is -0.290. The minimum atomic E-state index is -0.290. The minimum absolute atomic E-state index is 0.290. The van der Waals surface area contributed by atoms with Gasteiger partial charge in [-0.1, -0.05) is 6.08 Å². The first-order valence-electron chi connectivity index (χ1n) is 5.32. The lowest BCUT2D eigenvalue weighted by atomic mass is 9.87. The second-order valence-corrected chi connectivity index (χ2v) is 9.63. The molecule has 0 aromatic rings. The van der Waals surface area contributed by atoms with Gasteiger partial charge in [0, 0.05) is 0 Å². The van der Waals surface area contributed by atoms with Crippen molar-refractivity contribution < 1.29 is 0 Å². The maximum Gasteiger partial charge on any atom is -0.0119 e. The Morgan fingerprint density at radius 3 is 2.08 bits per heavy atom. The first-order chi connectivity index (χ1) is 6.04. The van der Waals surface area contributed by atoms with Crippen molar-refractivity contribution in [1.29, 1.82) is 0 Å². The van der Waals surface area contributed by atoms with Crippen LogP contribution in [0.15, 0.2) is 12.7 Å². The van der Waals surface area contributed by atoms with Gasteiger partial charge >= 0.3 is 0 Å². The summed E-state index contributed by atoms with van der Waals surface area (Å²) in [6.45, 7) is 3.83. The summed E-state index contributed by atoms with van der Waals surface area (Å²) in [6, 6.07) is 0. The molecule has 0 atom stereocenters. The van der Waals surface area contributed by atoms with E-state index in [1.165, 1.54) is 32.1 Å². The second-order valence-electron chi connectivity index (χ2n) is 5.10. The average molecular weight is 200 g/mol. The first kappa shape index (κ1) is 11.2. The molecule has 0 aromatic carbocycles. The van der Waals surface area contributed by atoms with Crippen LogP contribution in [0.1, 0.15) is 32.1 Å². The fourth-order valence-electron chi connectivity index (χ4n) is 2.31. The van der Waals surface area contributed by atoms with Crippen molar-refractivity contribution in [2.45, 2.75) is 37.4 Å². The summed E-state index contributed by atoms with van der Waals surface area (Å²) >= 11 is 0. The average Bonchev–Trinajstić information content (AvgIpc) is 2.04. The number of rotatable bonds is 3. The molecule has 0 heterocycles. The monoisotopic (exact) mass is 200 g/mol. The van der Waals surface area contributed by atoms with E-state index < -0.39 is 0 Å². The van der Waals surface area contributed by atoms with Crippen LogP contribution < -0.4 is 0 Å². The molecule has 1 saturated carbocycles. The van der Waals surface area contributed by atoms with Gasteiger partial charge in [0.1, 0.15) is 0 Å². The molecule has 0 amide bonds. The Hall–Kier alpha value is 0.0900. The molecule has 0 N–H and O–H groups in total. The zero-order chi connectivity index (χ0) is 9.90. The molecule has 0 unspecified atom stereocenters. The molecule has 0 spiro atoms. The maximum atomic E-state index is 3.83. The molecule has 0 bridgehead atoms. The molecule has 13 heavy (non-hydrogen) atoms. The van der Waals surface area contributed by atoms with Crippen LogP contribution in [0, 0.1) is 5.92 Å². The Bertz CT molecular complexity index is 158. The van der Waals surface area contributed by atoms with Crippen molar-refractivity contribution >= 4 is 10.0 Å². The fraction of sp³-hybridized carbons (Fsp3) is 0.833. The van der Waals surface area contributed by atoms with E-state index >= 15 is 0 Å². The molecule has 1 fully saturated rings. The van der Waals surface area contributed by atoms with Gasteiger partial charge < -0.3 is 0 Å². The molecule has 0 aliphatic heterocycles. The van der Waals surface area contributed by atoms with E-state index in [4.69, 9.17) is 0 Å². The van der Waals surface area contributed by atoms with Crippen LogP contribution in [-0.2, 0) is 0 Å². The third-order valence-corrected chi connectivity index (χ3v) is 5.77. The molecular weight excluding hydrogens is 176 g/mol. The molecule has 78 valence electrons. The molecule has 1 aliphatic rings. The van der Waals surface area contributed by atoms with E-state index in [0.29, 0.717) is 0 Å². The van der Waals surface area contributed by atoms with Crippen LogP contribution in [0.5, 0.6) is 0 Å². The van der Waals surface area contributed by atoms with Gasteiger partial charge in [0.15, 0.2) is 0 Å². The third kappa shape index (κ3) is 3.38. The Kier molecular flexibility index (Phi) is 3.90. The smallest absolute Gasteiger partial charge is 0.0119 e. The molecular formula is C12H24S. The zero-order valence-corrected chi connectivity index (χ0v) is 10.2. The van der Waals surface area contributed by atoms with Gasteiger partial charge in [-0.15, -0.1) is 6.58 Å². The lowest BCUT2D eigenvalue weighted by molar-refractivity contribution is 0.367. The van der Waals surface area contributed by atoms with Gasteiger partial charge in [-0.3, -0.25) is 0 Å². The third-order valence-electron chi connectivity index (χ3n) is 3.29. The van der Waals surface area contributed by atoms with Crippen molar-refractivity contribution in [2.75, 3.05) is 18.8 Å². The van der Waals surface area contributed by atoms with Gasteiger partial charge in [0.05, 0.1) is 0 Å². The highest BCUT2D eigenvalue weighted by Gasteiger charge is 2.26. The van der Waals surface area contributed by atoms with Gasteiger partial charge in [-0.25, -0.2) is 10.0 Å². The van der Waals surface area contributed by atoms with Crippen molar-refractivity contribution in [2.24, 2.45) is 5.92 Å². The van der Waals surface area contributed by atoms with Crippen molar-refractivity contribution in [1.82, 2.24) is 0 Å². The summed E-state index contributed by atoms with van der Waals surface area (Å²) < 4.78 is 0. The van der Waals surface area contributed by atoms with E-state index in [1.54, 1.807) is 0 Å². The highest BCUT2D eigenvalue weighted by Crippen LogP contribution is 2.48. The van der Waals surface area contributed by atoms with Crippen molar-refractivity contribution in [3.8, 4) is 0 Å². The maximum absolute atomic E-state index is 3.83. The van der Waals surface area contributed by atoms with Crippen LogP contribution >= 0.6 is 10.0 Å². The largest absolute Gasteiger partial charge is 0.247 e. The van der Waals surface area contributed by atoms with Gasteiger partial charge in [0.2, 0.25) is 0 Å². The molecule has 1 aliphatic carbocycles. The predicted octanol–water partition coefficient (Wildman–Crippen LogP) is 3.82. The van der Waals surface area contributed by atoms with Crippen molar-refractivity contribution in [3.63, 3.8) is 0 Å². The van der Waals surface area contributed by atoms with Gasteiger partial charge in [-0.05, 0) is 62.0 Å². The summed E-state index contributed by atoms with van der Waals surface area (Å²) in [5.74, 6) is 0.954. The Morgan fingerprint density at radius 2 is 1.69 bits per heavy atom. The molecule has 1 heteroatoms. The van der Waals surface area contributed by atoms with Crippen LogP contribution in [0.25, 0.3) is 0 Å². The van der Waals surface area contributed by atoms with E-state index in [-0.39, 0.29) is 10.0 Å². The number of allylic oxidation sites excluding steroid dienone is 1.